The predicted molar refractivity (Wildman–Crippen MR) is 44.7 cm³/mol. The third-order valence-corrected chi connectivity index (χ3v) is 1.72. The third-order valence-electron chi connectivity index (χ3n) is 1.72. The van der Waals surface area contributed by atoms with Crippen molar-refractivity contribution in [3.05, 3.63) is 23.8 Å². The van der Waals surface area contributed by atoms with Crippen molar-refractivity contribution >= 4 is 0 Å². The lowest BCUT2D eigenvalue weighted by atomic mass is 10.2. The highest BCUT2D eigenvalue weighted by atomic mass is 19.4. The van der Waals surface area contributed by atoms with Gasteiger partial charge in [-0.15, -0.1) is 13.2 Å². The molecule has 0 radical (unpaired) electrons. The monoisotopic (exact) mass is 260 g/mol. The number of alkyl halides is 6. The van der Waals surface area contributed by atoms with Crippen LogP contribution in [0.5, 0.6) is 11.5 Å². The first kappa shape index (κ1) is 13.5. The highest BCUT2D eigenvalue weighted by Gasteiger charge is 2.40. The largest absolute Gasteiger partial charge is 0.573 e. The van der Waals surface area contributed by atoms with Crippen molar-refractivity contribution in [2.75, 3.05) is 7.11 Å². The van der Waals surface area contributed by atoms with Gasteiger partial charge in [-0.3, -0.25) is 0 Å². The maximum atomic E-state index is 12.4. The van der Waals surface area contributed by atoms with Crippen LogP contribution in [0.25, 0.3) is 0 Å². The number of hydrogen-bond donors (Lipinski definition) is 0. The summed E-state index contributed by atoms with van der Waals surface area (Å²) in [5.74, 6) is -2.04. The first-order valence-electron chi connectivity index (χ1n) is 4.15. The molecule has 0 heterocycles. The summed E-state index contributed by atoms with van der Waals surface area (Å²) in [6.07, 6.45) is -10.2. The van der Waals surface area contributed by atoms with Crippen LogP contribution in [-0.2, 0) is 6.18 Å². The molecular weight excluding hydrogens is 254 g/mol. The van der Waals surface area contributed by atoms with E-state index in [9.17, 15) is 26.3 Å². The van der Waals surface area contributed by atoms with Gasteiger partial charge in [0.2, 0.25) is 0 Å². The maximum absolute atomic E-state index is 12.4. The summed E-state index contributed by atoms with van der Waals surface area (Å²) in [5, 5.41) is 0. The van der Waals surface area contributed by atoms with E-state index in [1.807, 2.05) is 0 Å². The van der Waals surface area contributed by atoms with Gasteiger partial charge in [-0.2, -0.15) is 13.2 Å². The van der Waals surface area contributed by atoms with Crippen molar-refractivity contribution in [1.82, 2.24) is 0 Å². The predicted octanol–water partition coefficient (Wildman–Crippen LogP) is 3.61. The van der Waals surface area contributed by atoms with Crippen LogP contribution in [0, 0.1) is 0 Å². The van der Waals surface area contributed by atoms with Gasteiger partial charge in [-0.25, -0.2) is 0 Å². The molecule has 0 spiro atoms. The molecule has 0 bridgehead atoms. The molecule has 0 aromatic heterocycles. The molecule has 0 amide bonds. The van der Waals surface area contributed by atoms with Gasteiger partial charge in [-0.1, -0.05) is 6.07 Å². The molecule has 1 aromatic rings. The molecule has 0 saturated carbocycles. The van der Waals surface area contributed by atoms with Crippen molar-refractivity contribution in [3.8, 4) is 11.5 Å². The molecule has 0 aliphatic rings. The molecule has 1 aromatic carbocycles. The first-order chi connectivity index (χ1) is 7.65. The van der Waals surface area contributed by atoms with E-state index in [1.54, 1.807) is 0 Å². The first-order valence-corrected chi connectivity index (χ1v) is 4.15. The Labute approximate surface area is 91.7 Å². The molecule has 1 rings (SSSR count). The fourth-order valence-corrected chi connectivity index (χ4v) is 1.12. The lowest BCUT2D eigenvalue weighted by Gasteiger charge is -2.17. The topological polar surface area (TPSA) is 18.5 Å². The van der Waals surface area contributed by atoms with Gasteiger partial charge in [0.25, 0.3) is 0 Å². The number of methoxy groups -OCH3 is 1. The molecule has 96 valence electrons. The zero-order chi connectivity index (χ0) is 13.3. The van der Waals surface area contributed by atoms with E-state index in [4.69, 9.17) is 0 Å². The number of hydrogen-bond acceptors (Lipinski definition) is 2. The van der Waals surface area contributed by atoms with Gasteiger partial charge in [0, 0.05) is 0 Å². The quantitative estimate of drug-likeness (QED) is 0.756. The maximum Gasteiger partial charge on any atom is 0.573 e. The lowest BCUT2D eigenvalue weighted by molar-refractivity contribution is -0.276. The summed E-state index contributed by atoms with van der Waals surface area (Å²) in [4.78, 5) is 0. The van der Waals surface area contributed by atoms with E-state index < -0.39 is 29.6 Å². The Morgan fingerprint density at radius 2 is 1.59 bits per heavy atom. The van der Waals surface area contributed by atoms with Crippen LogP contribution in [0.1, 0.15) is 5.56 Å². The molecular formula is C9H6F6O2. The number of ether oxygens (including phenoxy) is 2. The molecule has 2 nitrogen and oxygen atoms in total. The second-order valence-corrected chi connectivity index (χ2v) is 2.88. The molecule has 8 heteroatoms. The van der Waals surface area contributed by atoms with E-state index in [0.717, 1.165) is 19.2 Å². The lowest BCUT2D eigenvalue weighted by Crippen LogP contribution is -2.20. The van der Waals surface area contributed by atoms with Gasteiger partial charge in [0.15, 0.2) is 11.5 Å². The van der Waals surface area contributed by atoms with Crippen LogP contribution in [-0.4, -0.2) is 13.5 Å². The number of para-hydroxylation sites is 1. The minimum Gasteiger partial charge on any atom is -0.493 e. The molecule has 0 aliphatic heterocycles. The van der Waals surface area contributed by atoms with E-state index in [0.29, 0.717) is 6.07 Å². The van der Waals surface area contributed by atoms with E-state index >= 15 is 0 Å². The molecule has 0 aliphatic carbocycles. The number of halogens is 6. The van der Waals surface area contributed by atoms with Crippen molar-refractivity contribution in [3.63, 3.8) is 0 Å². The Kier molecular flexibility index (Phi) is 3.44. The minimum atomic E-state index is -5.23. The smallest absolute Gasteiger partial charge is 0.493 e. The Morgan fingerprint density at radius 1 is 1.00 bits per heavy atom. The summed E-state index contributed by atoms with van der Waals surface area (Å²) in [5.41, 5.74) is -1.55. The Hall–Kier alpha value is -1.60. The van der Waals surface area contributed by atoms with Gasteiger partial charge >= 0.3 is 12.5 Å². The summed E-state index contributed by atoms with van der Waals surface area (Å²) >= 11 is 0. The fourth-order valence-electron chi connectivity index (χ4n) is 1.12. The van der Waals surface area contributed by atoms with Crippen LogP contribution < -0.4 is 9.47 Å². The molecule has 0 atom stereocenters. The Bertz CT molecular complexity index is 395. The third kappa shape index (κ3) is 3.43. The van der Waals surface area contributed by atoms with Gasteiger partial charge in [0.05, 0.1) is 7.11 Å². The second-order valence-electron chi connectivity index (χ2n) is 2.88. The van der Waals surface area contributed by atoms with Crippen LogP contribution in [0.15, 0.2) is 18.2 Å². The summed E-state index contributed by atoms with van der Waals surface area (Å²) in [6, 6.07) is 2.34. The summed E-state index contributed by atoms with van der Waals surface area (Å²) < 4.78 is 81.0. The van der Waals surface area contributed by atoms with Gasteiger partial charge in [0.1, 0.15) is 5.56 Å². The molecule has 17 heavy (non-hydrogen) atoms. The van der Waals surface area contributed by atoms with Crippen LogP contribution in [0.3, 0.4) is 0 Å². The molecule has 0 saturated heterocycles. The van der Waals surface area contributed by atoms with Crippen molar-refractivity contribution in [2.45, 2.75) is 12.5 Å². The highest BCUT2D eigenvalue weighted by Crippen LogP contribution is 2.43. The second kappa shape index (κ2) is 4.34. The van der Waals surface area contributed by atoms with E-state index in [2.05, 4.69) is 9.47 Å². The Balaban J connectivity index is 3.31. The summed E-state index contributed by atoms with van der Waals surface area (Å²) in [6.45, 7) is 0. The van der Waals surface area contributed by atoms with Crippen molar-refractivity contribution in [1.29, 1.82) is 0 Å². The Morgan fingerprint density at radius 3 is 2.00 bits per heavy atom. The zero-order valence-electron chi connectivity index (χ0n) is 8.32. The van der Waals surface area contributed by atoms with Crippen LogP contribution >= 0.6 is 0 Å². The van der Waals surface area contributed by atoms with E-state index in [-0.39, 0.29) is 0 Å². The molecule has 0 N–H and O–H groups in total. The average molecular weight is 260 g/mol. The van der Waals surface area contributed by atoms with Crippen LogP contribution in [0.2, 0.25) is 0 Å². The number of benzene rings is 1. The highest BCUT2D eigenvalue weighted by molar-refractivity contribution is 5.48. The van der Waals surface area contributed by atoms with Gasteiger partial charge < -0.3 is 9.47 Å². The van der Waals surface area contributed by atoms with Gasteiger partial charge in [-0.05, 0) is 12.1 Å². The fraction of sp³-hybridized carbons (Fsp3) is 0.333. The minimum absolute atomic E-state index is 0.476. The SMILES string of the molecule is COc1cccc(C(F)(F)F)c1OC(F)(F)F. The molecule has 0 fully saturated rings. The zero-order valence-corrected chi connectivity index (χ0v) is 8.32. The average Bonchev–Trinajstić information content (AvgIpc) is 2.13. The van der Waals surface area contributed by atoms with Crippen LogP contribution in [0.4, 0.5) is 26.3 Å². The normalized spacial score (nSPS) is 12.4. The van der Waals surface area contributed by atoms with E-state index in [1.165, 1.54) is 0 Å². The molecule has 0 unspecified atom stereocenters. The van der Waals surface area contributed by atoms with Crippen molar-refractivity contribution in [2.24, 2.45) is 0 Å². The summed E-state index contributed by atoms with van der Waals surface area (Å²) in [7, 11) is 0.943. The van der Waals surface area contributed by atoms with Crippen molar-refractivity contribution < 1.29 is 35.8 Å². The number of rotatable bonds is 2. The standard InChI is InChI=1S/C9H6F6O2/c1-16-6-4-2-3-5(8(10,11)12)7(6)17-9(13,14)15/h2-4H,1H3.